The molecule has 2 aromatic carbocycles. The number of hydrogen-bond acceptors (Lipinski definition) is 1. The number of quaternary nitrogens is 1. The number of aryl methyl sites for hydroxylation is 2. The van der Waals surface area contributed by atoms with Crippen LogP contribution < -0.4 is 4.74 Å². The summed E-state index contributed by atoms with van der Waals surface area (Å²) in [5, 5.41) is 0. The van der Waals surface area contributed by atoms with E-state index in [2.05, 4.69) is 62.4 Å². The van der Waals surface area contributed by atoms with Gasteiger partial charge in [-0.25, -0.2) is 0 Å². The Morgan fingerprint density at radius 2 is 1.54 bits per heavy atom. The third-order valence-corrected chi connectivity index (χ3v) is 6.11. The number of benzene rings is 2. The minimum absolute atomic E-state index is 0. The van der Waals surface area contributed by atoms with E-state index in [1.165, 1.54) is 66.4 Å². The molecule has 0 unspecified atom stereocenters. The molecule has 1 radical (unpaired) electrons. The molecule has 2 nitrogen and oxygen atoms in total. The van der Waals surface area contributed by atoms with Crippen LogP contribution in [0.3, 0.4) is 0 Å². The molecule has 3 rings (SSSR count). The second kappa shape index (κ2) is 12.1. The number of likely N-dealkylation sites (tertiary alicyclic amines) is 1. The van der Waals surface area contributed by atoms with Crippen LogP contribution in [0.1, 0.15) is 55.7 Å². The second-order valence-electron chi connectivity index (χ2n) is 8.19. The van der Waals surface area contributed by atoms with Gasteiger partial charge in [0.15, 0.2) is 0 Å². The maximum absolute atomic E-state index is 6.38. The molecule has 0 aromatic heterocycles. The molecular weight excluding hydrogens is 419 g/mol. The van der Waals surface area contributed by atoms with E-state index in [-0.39, 0.29) is 32.7 Å². The second-order valence-corrected chi connectivity index (χ2v) is 8.19. The number of nitrogens with zero attached hydrogens (tertiary/aromatic N) is 1. The van der Waals surface area contributed by atoms with Crippen LogP contribution in [-0.4, -0.2) is 30.7 Å². The quantitative estimate of drug-likeness (QED) is 0.472. The van der Waals surface area contributed by atoms with Crippen molar-refractivity contribution in [3.63, 3.8) is 0 Å². The van der Waals surface area contributed by atoms with Crippen molar-refractivity contribution in [2.24, 2.45) is 0 Å². The maximum Gasteiger partial charge on any atom is 0.137 e. The van der Waals surface area contributed by atoms with Crippen LogP contribution in [0, 0.1) is 6.92 Å². The van der Waals surface area contributed by atoms with Gasteiger partial charge in [-0.2, -0.15) is 0 Å². The van der Waals surface area contributed by atoms with Crippen molar-refractivity contribution >= 4 is 0 Å². The zero-order chi connectivity index (χ0) is 19.0. The Morgan fingerprint density at radius 3 is 2.21 bits per heavy atom. The maximum atomic E-state index is 6.38. The van der Waals surface area contributed by atoms with Gasteiger partial charge in [0.05, 0.1) is 13.1 Å². The van der Waals surface area contributed by atoms with Crippen molar-refractivity contribution in [1.82, 2.24) is 0 Å². The molecule has 0 atom stereocenters. The molecule has 0 spiro atoms. The Balaban J connectivity index is 0.00000280. The van der Waals surface area contributed by atoms with Crippen molar-refractivity contribution < 1.29 is 41.9 Å². The van der Waals surface area contributed by atoms with E-state index < -0.39 is 0 Å². The number of para-hydroxylation sites is 1. The van der Waals surface area contributed by atoms with E-state index >= 15 is 0 Å². The third-order valence-electron chi connectivity index (χ3n) is 6.11. The fraction of sp³-hybridized carbons (Fsp3) is 0.520. The van der Waals surface area contributed by atoms with E-state index in [1.54, 1.807) is 0 Å². The monoisotopic (exact) mass is 455 g/mol. The zero-order valence-electron chi connectivity index (χ0n) is 17.8. The largest absolute Gasteiger partial charge is 0.487 e. The SMILES string of the molecule is CCc1cccc(C)c1OCC[N+]1(Cc2ccccc2)CCCCCCC1.[Y]. The molecule has 1 saturated heterocycles. The molecule has 28 heavy (non-hydrogen) atoms. The van der Waals surface area contributed by atoms with Crippen molar-refractivity contribution in [2.75, 3.05) is 26.2 Å². The summed E-state index contributed by atoms with van der Waals surface area (Å²) in [6.45, 7) is 10.00. The Bertz CT molecular complexity index is 693. The summed E-state index contributed by atoms with van der Waals surface area (Å²) in [6, 6.07) is 17.6. The topological polar surface area (TPSA) is 9.23 Å². The van der Waals surface area contributed by atoms with Crippen molar-refractivity contribution in [3.8, 4) is 5.75 Å². The van der Waals surface area contributed by atoms with E-state index in [0.717, 1.165) is 31.9 Å². The average molecular weight is 455 g/mol. The summed E-state index contributed by atoms with van der Waals surface area (Å²) >= 11 is 0. The molecule has 1 aliphatic rings. The predicted molar refractivity (Wildman–Crippen MR) is 114 cm³/mol. The van der Waals surface area contributed by atoms with E-state index in [0.29, 0.717) is 0 Å². The summed E-state index contributed by atoms with van der Waals surface area (Å²) < 4.78 is 7.56. The van der Waals surface area contributed by atoms with Crippen LogP contribution in [0.2, 0.25) is 0 Å². The van der Waals surface area contributed by atoms with Crippen LogP contribution in [0.15, 0.2) is 48.5 Å². The van der Waals surface area contributed by atoms with Gasteiger partial charge in [0.1, 0.15) is 25.4 Å². The molecule has 2 aromatic rings. The molecule has 0 saturated carbocycles. The third kappa shape index (κ3) is 6.68. The first kappa shape index (κ1) is 23.6. The Kier molecular flexibility index (Phi) is 10.2. The van der Waals surface area contributed by atoms with Gasteiger partial charge in [0.2, 0.25) is 0 Å². The predicted octanol–water partition coefficient (Wildman–Crippen LogP) is 5.91. The summed E-state index contributed by atoms with van der Waals surface area (Å²) in [4.78, 5) is 0. The molecular formula is C25H36NOY+. The van der Waals surface area contributed by atoms with Gasteiger partial charge in [0, 0.05) is 38.3 Å². The van der Waals surface area contributed by atoms with Gasteiger partial charge in [-0.05, 0) is 50.2 Å². The van der Waals surface area contributed by atoms with Gasteiger partial charge in [0.25, 0.3) is 0 Å². The standard InChI is InChI=1S/C25H36NO.Y/c1-3-24-16-12-13-22(2)25(24)27-20-19-26(17-10-5-4-6-11-18-26)21-23-14-8-7-9-15-23;/h7-9,12-16H,3-6,10-11,17-21H2,1-2H3;/q+1;. The van der Waals surface area contributed by atoms with Gasteiger partial charge < -0.3 is 9.22 Å². The van der Waals surface area contributed by atoms with Crippen LogP contribution in [0.5, 0.6) is 5.75 Å². The van der Waals surface area contributed by atoms with Crippen molar-refractivity contribution in [3.05, 3.63) is 65.2 Å². The first-order valence-corrected chi connectivity index (χ1v) is 10.8. The molecule has 0 bridgehead atoms. The molecule has 1 aliphatic heterocycles. The zero-order valence-corrected chi connectivity index (χ0v) is 20.7. The molecule has 0 amide bonds. The van der Waals surface area contributed by atoms with Gasteiger partial charge >= 0.3 is 0 Å². The first-order chi connectivity index (χ1) is 13.2. The summed E-state index contributed by atoms with van der Waals surface area (Å²) in [7, 11) is 0. The summed E-state index contributed by atoms with van der Waals surface area (Å²) in [5.41, 5.74) is 4.05. The minimum Gasteiger partial charge on any atom is -0.487 e. The summed E-state index contributed by atoms with van der Waals surface area (Å²) in [6.07, 6.45) is 7.89. The Morgan fingerprint density at radius 1 is 0.857 bits per heavy atom. The summed E-state index contributed by atoms with van der Waals surface area (Å²) in [5.74, 6) is 1.12. The van der Waals surface area contributed by atoms with Crippen LogP contribution in [-0.2, 0) is 45.7 Å². The van der Waals surface area contributed by atoms with Gasteiger partial charge in [-0.1, -0.05) is 61.9 Å². The van der Waals surface area contributed by atoms with Gasteiger partial charge in [-0.15, -0.1) is 0 Å². The van der Waals surface area contributed by atoms with Crippen molar-refractivity contribution in [1.29, 1.82) is 0 Å². The Hall–Kier alpha value is -0.696. The van der Waals surface area contributed by atoms with Crippen LogP contribution in [0.25, 0.3) is 0 Å². The molecule has 1 heterocycles. The van der Waals surface area contributed by atoms with Crippen molar-refractivity contribution in [2.45, 2.75) is 58.9 Å². The minimum atomic E-state index is 0. The molecule has 149 valence electrons. The average Bonchev–Trinajstić information content (AvgIpc) is 2.67. The fourth-order valence-corrected chi connectivity index (χ4v) is 4.51. The number of ether oxygens (including phenoxy) is 1. The Labute approximate surface area is 197 Å². The smallest absolute Gasteiger partial charge is 0.137 e. The molecule has 3 heteroatoms. The van der Waals surface area contributed by atoms with E-state index in [4.69, 9.17) is 4.74 Å². The number of hydrogen-bond donors (Lipinski definition) is 0. The van der Waals surface area contributed by atoms with Crippen LogP contribution >= 0.6 is 0 Å². The molecule has 0 N–H and O–H groups in total. The first-order valence-electron chi connectivity index (χ1n) is 10.8. The van der Waals surface area contributed by atoms with E-state index in [9.17, 15) is 0 Å². The van der Waals surface area contributed by atoms with Gasteiger partial charge in [-0.3, -0.25) is 0 Å². The van der Waals surface area contributed by atoms with E-state index in [1.807, 2.05) is 0 Å². The molecule has 0 aliphatic carbocycles. The fourth-order valence-electron chi connectivity index (χ4n) is 4.51. The normalized spacial score (nSPS) is 16.5. The number of rotatable bonds is 7. The molecule has 1 fully saturated rings. The van der Waals surface area contributed by atoms with Crippen LogP contribution in [0.4, 0.5) is 0 Å².